The van der Waals surface area contributed by atoms with Gasteiger partial charge in [0, 0.05) is 18.6 Å². The first-order chi connectivity index (χ1) is 6.72. The Morgan fingerprint density at radius 1 is 1.36 bits per heavy atom. The minimum Gasteiger partial charge on any atom is -0.310 e. The van der Waals surface area contributed by atoms with Crippen LogP contribution >= 0.6 is 0 Å². The summed E-state index contributed by atoms with van der Waals surface area (Å²) in [6, 6.07) is 1.38. The fourth-order valence-corrected chi connectivity index (χ4v) is 2.23. The summed E-state index contributed by atoms with van der Waals surface area (Å²) < 4.78 is 0. The summed E-state index contributed by atoms with van der Waals surface area (Å²) in [5.74, 6) is 0. The monoisotopic (exact) mass is 198 g/mol. The molecular weight excluding hydrogens is 172 g/mol. The molecule has 0 spiro atoms. The van der Waals surface area contributed by atoms with Crippen LogP contribution in [0.5, 0.6) is 0 Å². The summed E-state index contributed by atoms with van der Waals surface area (Å²) in [4.78, 5) is 2.61. The van der Waals surface area contributed by atoms with Crippen molar-refractivity contribution < 1.29 is 0 Å². The lowest BCUT2D eigenvalue weighted by atomic mass is 10.2. The number of hydrogen-bond acceptors (Lipinski definition) is 2. The SMILES string of the molecule is CCCCCN1CCC(NC(C)C)C1. The largest absolute Gasteiger partial charge is 0.310 e. The minimum atomic E-state index is 0.635. The summed E-state index contributed by atoms with van der Waals surface area (Å²) in [7, 11) is 0. The molecule has 0 radical (unpaired) electrons. The highest BCUT2D eigenvalue weighted by atomic mass is 15.2. The van der Waals surface area contributed by atoms with Crippen LogP contribution in [0.3, 0.4) is 0 Å². The second kappa shape index (κ2) is 6.41. The number of unbranched alkanes of at least 4 members (excludes halogenated alkanes) is 2. The van der Waals surface area contributed by atoms with Gasteiger partial charge in [-0.25, -0.2) is 0 Å². The molecule has 0 bridgehead atoms. The van der Waals surface area contributed by atoms with E-state index in [1.807, 2.05) is 0 Å². The molecule has 0 saturated carbocycles. The number of rotatable bonds is 6. The summed E-state index contributed by atoms with van der Waals surface area (Å²) in [5, 5.41) is 3.62. The Balaban J connectivity index is 2.08. The van der Waals surface area contributed by atoms with E-state index in [1.54, 1.807) is 0 Å². The van der Waals surface area contributed by atoms with Gasteiger partial charge in [-0.05, 0) is 25.9 Å². The highest BCUT2D eigenvalue weighted by molar-refractivity contribution is 4.81. The molecule has 14 heavy (non-hydrogen) atoms. The van der Waals surface area contributed by atoms with Gasteiger partial charge < -0.3 is 10.2 Å². The van der Waals surface area contributed by atoms with Gasteiger partial charge in [0.1, 0.15) is 0 Å². The standard InChI is InChI=1S/C12H26N2/c1-4-5-6-8-14-9-7-12(10-14)13-11(2)3/h11-13H,4-10H2,1-3H3. The molecule has 0 aromatic carbocycles. The average molecular weight is 198 g/mol. The van der Waals surface area contributed by atoms with Crippen LogP contribution in [-0.4, -0.2) is 36.6 Å². The van der Waals surface area contributed by atoms with E-state index in [2.05, 4.69) is 31.0 Å². The number of nitrogens with one attached hydrogen (secondary N) is 1. The molecule has 84 valence electrons. The van der Waals surface area contributed by atoms with Crippen molar-refractivity contribution in [3.63, 3.8) is 0 Å². The van der Waals surface area contributed by atoms with E-state index in [0.717, 1.165) is 6.04 Å². The fourth-order valence-electron chi connectivity index (χ4n) is 2.23. The van der Waals surface area contributed by atoms with Crippen LogP contribution in [0.1, 0.15) is 46.5 Å². The van der Waals surface area contributed by atoms with E-state index in [1.165, 1.54) is 45.3 Å². The van der Waals surface area contributed by atoms with Crippen molar-refractivity contribution in [1.29, 1.82) is 0 Å². The van der Waals surface area contributed by atoms with Crippen LogP contribution in [0.4, 0.5) is 0 Å². The van der Waals surface area contributed by atoms with E-state index in [-0.39, 0.29) is 0 Å². The molecule has 0 aliphatic carbocycles. The zero-order valence-electron chi connectivity index (χ0n) is 10.1. The predicted molar refractivity (Wildman–Crippen MR) is 62.6 cm³/mol. The van der Waals surface area contributed by atoms with Gasteiger partial charge in [-0.2, -0.15) is 0 Å². The zero-order valence-corrected chi connectivity index (χ0v) is 10.1. The van der Waals surface area contributed by atoms with E-state index >= 15 is 0 Å². The molecule has 0 aromatic heterocycles. The molecule has 1 aliphatic heterocycles. The molecule has 1 rings (SSSR count). The molecule has 1 saturated heterocycles. The Morgan fingerprint density at radius 3 is 2.79 bits per heavy atom. The Labute approximate surface area is 89.1 Å². The first-order valence-corrected chi connectivity index (χ1v) is 6.20. The van der Waals surface area contributed by atoms with Gasteiger partial charge in [-0.1, -0.05) is 33.6 Å². The highest BCUT2D eigenvalue weighted by Gasteiger charge is 2.21. The van der Waals surface area contributed by atoms with Crippen LogP contribution in [0.25, 0.3) is 0 Å². The van der Waals surface area contributed by atoms with Crippen LogP contribution < -0.4 is 5.32 Å². The van der Waals surface area contributed by atoms with Gasteiger partial charge in [-0.15, -0.1) is 0 Å². The average Bonchev–Trinajstić information content (AvgIpc) is 2.52. The normalized spacial score (nSPS) is 23.6. The van der Waals surface area contributed by atoms with E-state index < -0.39 is 0 Å². The Bertz CT molecular complexity index is 145. The maximum absolute atomic E-state index is 3.62. The van der Waals surface area contributed by atoms with Gasteiger partial charge in [0.25, 0.3) is 0 Å². The van der Waals surface area contributed by atoms with E-state index in [4.69, 9.17) is 0 Å². The first-order valence-electron chi connectivity index (χ1n) is 6.20. The zero-order chi connectivity index (χ0) is 10.4. The smallest absolute Gasteiger partial charge is 0.0209 e. The van der Waals surface area contributed by atoms with Crippen molar-refractivity contribution in [3.8, 4) is 0 Å². The molecular formula is C12H26N2. The maximum Gasteiger partial charge on any atom is 0.0209 e. The van der Waals surface area contributed by atoms with Crippen LogP contribution in [0.2, 0.25) is 0 Å². The third-order valence-electron chi connectivity index (χ3n) is 2.92. The number of nitrogens with zero attached hydrogens (tertiary/aromatic N) is 1. The summed E-state index contributed by atoms with van der Waals surface area (Å²) in [6.45, 7) is 10.6. The third-order valence-corrected chi connectivity index (χ3v) is 2.92. The Morgan fingerprint density at radius 2 is 2.14 bits per heavy atom. The van der Waals surface area contributed by atoms with Crippen molar-refractivity contribution in [2.75, 3.05) is 19.6 Å². The topological polar surface area (TPSA) is 15.3 Å². The van der Waals surface area contributed by atoms with E-state index in [0.29, 0.717) is 6.04 Å². The number of hydrogen-bond donors (Lipinski definition) is 1. The molecule has 1 unspecified atom stereocenters. The summed E-state index contributed by atoms with van der Waals surface area (Å²) in [5.41, 5.74) is 0. The lowest BCUT2D eigenvalue weighted by molar-refractivity contribution is 0.316. The van der Waals surface area contributed by atoms with Gasteiger partial charge in [0.15, 0.2) is 0 Å². The van der Waals surface area contributed by atoms with Gasteiger partial charge in [0.05, 0.1) is 0 Å². The van der Waals surface area contributed by atoms with Crippen molar-refractivity contribution in [2.45, 2.75) is 58.5 Å². The molecule has 0 amide bonds. The van der Waals surface area contributed by atoms with Crippen LogP contribution in [0.15, 0.2) is 0 Å². The maximum atomic E-state index is 3.62. The minimum absolute atomic E-state index is 0.635. The van der Waals surface area contributed by atoms with Crippen molar-refractivity contribution in [2.24, 2.45) is 0 Å². The van der Waals surface area contributed by atoms with Crippen LogP contribution in [0, 0.1) is 0 Å². The third kappa shape index (κ3) is 4.43. The van der Waals surface area contributed by atoms with Crippen molar-refractivity contribution in [3.05, 3.63) is 0 Å². The summed E-state index contributed by atoms with van der Waals surface area (Å²) in [6.07, 6.45) is 5.44. The van der Waals surface area contributed by atoms with Gasteiger partial charge in [0.2, 0.25) is 0 Å². The highest BCUT2D eigenvalue weighted by Crippen LogP contribution is 2.11. The van der Waals surface area contributed by atoms with Crippen molar-refractivity contribution in [1.82, 2.24) is 10.2 Å². The number of likely N-dealkylation sites (tertiary alicyclic amines) is 1. The molecule has 0 aromatic rings. The molecule has 1 fully saturated rings. The molecule has 2 heteroatoms. The second-order valence-electron chi connectivity index (χ2n) is 4.81. The second-order valence-corrected chi connectivity index (χ2v) is 4.81. The Hall–Kier alpha value is -0.0800. The molecule has 1 atom stereocenters. The van der Waals surface area contributed by atoms with E-state index in [9.17, 15) is 0 Å². The van der Waals surface area contributed by atoms with Crippen LogP contribution in [-0.2, 0) is 0 Å². The molecule has 2 nitrogen and oxygen atoms in total. The van der Waals surface area contributed by atoms with Gasteiger partial charge >= 0.3 is 0 Å². The fraction of sp³-hybridized carbons (Fsp3) is 1.00. The Kier molecular flexibility index (Phi) is 5.49. The summed E-state index contributed by atoms with van der Waals surface area (Å²) >= 11 is 0. The predicted octanol–water partition coefficient (Wildman–Crippen LogP) is 2.25. The quantitative estimate of drug-likeness (QED) is 0.659. The molecule has 1 N–H and O–H groups in total. The molecule has 1 heterocycles. The lowest BCUT2D eigenvalue weighted by Crippen LogP contribution is -2.37. The first kappa shape index (κ1) is 12.0. The lowest BCUT2D eigenvalue weighted by Gasteiger charge is -2.18. The molecule has 1 aliphatic rings. The van der Waals surface area contributed by atoms with Gasteiger partial charge in [-0.3, -0.25) is 0 Å². The van der Waals surface area contributed by atoms with Crippen molar-refractivity contribution >= 4 is 0 Å².